The standard InChI is InChI=1S/C14H16FN3OS/c1-2-9-6-7-20-12(9)8-17-14(19)10-4-3-5-11(15)13(10)18-16/h3-7,18H,2,8,16H2,1H3,(H,17,19). The number of nitrogens with two attached hydrogens (primary N) is 1. The second-order valence-corrected chi connectivity index (χ2v) is 5.21. The molecule has 0 aliphatic carbocycles. The van der Waals surface area contributed by atoms with Crippen molar-refractivity contribution in [3.05, 3.63) is 51.5 Å². The maximum atomic E-state index is 13.5. The summed E-state index contributed by atoms with van der Waals surface area (Å²) in [6.07, 6.45) is 0.921. The summed E-state index contributed by atoms with van der Waals surface area (Å²) in [6, 6.07) is 6.30. The molecule has 0 saturated heterocycles. The number of nitrogen functional groups attached to an aromatic ring is 1. The Bertz CT molecular complexity index is 612. The highest BCUT2D eigenvalue weighted by atomic mass is 32.1. The van der Waals surface area contributed by atoms with Gasteiger partial charge in [-0.3, -0.25) is 10.6 Å². The van der Waals surface area contributed by atoms with Gasteiger partial charge in [0, 0.05) is 4.88 Å². The Labute approximate surface area is 120 Å². The smallest absolute Gasteiger partial charge is 0.253 e. The van der Waals surface area contributed by atoms with Gasteiger partial charge in [-0.2, -0.15) is 0 Å². The largest absolute Gasteiger partial charge is 0.347 e. The van der Waals surface area contributed by atoms with Gasteiger partial charge in [-0.15, -0.1) is 11.3 Å². The fraction of sp³-hybridized carbons (Fsp3) is 0.214. The van der Waals surface area contributed by atoms with Crippen LogP contribution in [0.25, 0.3) is 0 Å². The van der Waals surface area contributed by atoms with Gasteiger partial charge in [0.25, 0.3) is 5.91 Å². The number of benzene rings is 1. The van der Waals surface area contributed by atoms with E-state index < -0.39 is 5.82 Å². The van der Waals surface area contributed by atoms with E-state index in [9.17, 15) is 9.18 Å². The van der Waals surface area contributed by atoms with Gasteiger partial charge in [0.2, 0.25) is 0 Å². The highest BCUT2D eigenvalue weighted by Gasteiger charge is 2.14. The van der Waals surface area contributed by atoms with Gasteiger partial charge in [0.05, 0.1) is 17.8 Å². The second-order valence-electron chi connectivity index (χ2n) is 4.21. The van der Waals surface area contributed by atoms with E-state index in [1.54, 1.807) is 11.3 Å². The Balaban J connectivity index is 2.11. The molecule has 0 saturated carbocycles. The first kappa shape index (κ1) is 14.5. The van der Waals surface area contributed by atoms with Crippen molar-refractivity contribution in [1.82, 2.24) is 5.32 Å². The fourth-order valence-corrected chi connectivity index (χ4v) is 2.87. The van der Waals surface area contributed by atoms with Gasteiger partial charge < -0.3 is 10.7 Å². The minimum atomic E-state index is -0.550. The Morgan fingerprint density at radius 2 is 2.20 bits per heavy atom. The van der Waals surface area contributed by atoms with E-state index in [-0.39, 0.29) is 17.2 Å². The van der Waals surface area contributed by atoms with Crippen molar-refractivity contribution in [3.8, 4) is 0 Å². The summed E-state index contributed by atoms with van der Waals surface area (Å²) in [5.74, 6) is 4.35. The van der Waals surface area contributed by atoms with Crippen LogP contribution in [-0.2, 0) is 13.0 Å². The molecule has 0 bridgehead atoms. The third kappa shape index (κ3) is 2.97. The molecule has 0 aliphatic rings. The average Bonchev–Trinajstić information content (AvgIpc) is 2.91. The predicted octanol–water partition coefficient (Wildman–Crippen LogP) is 2.67. The third-order valence-corrected chi connectivity index (χ3v) is 3.99. The van der Waals surface area contributed by atoms with Crippen LogP contribution in [0.1, 0.15) is 27.7 Å². The maximum Gasteiger partial charge on any atom is 0.253 e. The molecule has 1 aromatic heterocycles. The zero-order valence-corrected chi connectivity index (χ0v) is 11.9. The summed E-state index contributed by atoms with van der Waals surface area (Å²) in [7, 11) is 0. The first-order valence-electron chi connectivity index (χ1n) is 6.26. The lowest BCUT2D eigenvalue weighted by molar-refractivity contribution is 0.0951. The normalized spacial score (nSPS) is 10.3. The van der Waals surface area contributed by atoms with Crippen LogP contribution >= 0.6 is 11.3 Å². The number of halogens is 1. The van der Waals surface area contributed by atoms with Gasteiger partial charge in [-0.05, 0) is 35.6 Å². The maximum absolute atomic E-state index is 13.5. The van der Waals surface area contributed by atoms with E-state index >= 15 is 0 Å². The summed E-state index contributed by atoms with van der Waals surface area (Å²) in [6.45, 7) is 2.50. The van der Waals surface area contributed by atoms with Crippen LogP contribution in [0.5, 0.6) is 0 Å². The van der Waals surface area contributed by atoms with Crippen LogP contribution < -0.4 is 16.6 Å². The summed E-state index contributed by atoms with van der Waals surface area (Å²) in [5, 5.41) is 4.78. The van der Waals surface area contributed by atoms with Crippen molar-refractivity contribution in [1.29, 1.82) is 0 Å². The lowest BCUT2D eigenvalue weighted by Gasteiger charge is -2.10. The number of carbonyl (C=O) groups is 1. The molecule has 0 unspecified atom stereocenters. The first-order chi connectivity index (χ1) is 9.67. The molecule has 1 amide bonds. The average molecular weight is 293 g/mol. The Kier molecular flexibility index (Phi) is 4.70. The minimum absolute atomic E-state index is 0.00638. The van der Waals surface area contributed by atoms with Crippen molar-refractivity contribution in [2.24, 2.45) is 5.84 Å². The van der Waals surface area contributed by atoms with Gasteiger partial charge in [-0.25, -0.2) is 4.39 Å². The van der Waals surface area contributed by atoms with Crippen molar-refractivity contribution < 1.29 is 9.18 Å². The third-order valence-electron chi connectivity index (χ3n) is 3.03. The van der Waals surface area contributed by atoms with Gasteiger partial charge in [-0.1, -0.05) is 13.0 Å². The number of amides is 1. The highest BCUT2D eigenvalue weighted by molar-refractivity contribution is 7.10. The van der Waals surface area contributed by atoms with Crippen LogP contribution in [0.4, 0.5) is 10.1 Å². The number of hydrazine groups is 1. The van der Waals surface area contributed by atoms with E-state index in [1.165, 1.54) is 23.8 Å². The predicted molar refractivity (Wildman–Crippen MR) is 79.1 cm³/mol. The van der Waals surface area contributed by atoms with Crippen molar-refractivity contribution in [2.75, 3.05) is 5.43 Å². The highest BCUT2D eigenvalue weighted by Crippen LogP contribution is 2.20. The zero-order chi connectivity index (χ0) is 14.5. The molecule has 2 rings (SSSR count). The van der Waals surface area contributed by atoms with Crippen molar-refractivity contribution >= 4 is 22.9 Å². The van der Waals surface area contributed by atoms with E-state index in [0.29, 0.717) is 6.54 Å². The first-order valence-corrected chi connectivity index (χ1v) is 7.14. The van der Waals surface area contributed by atoms with E-state index in [2.05, 4.69) is 17.7 Å². The molecular formula is C14H16FN3OS. The molecule has 6 heteroatoms. The molecule has 1 heterocycles. The van der Waals surface area contributed by atoms with Gasteiger partial charge in [0.1, 0.15) is 5.82 Å². The summed E-state index contributed by atoms with van der Waals surface area (Å²) < 4.78 is 13.5. The quantitative estimate of drug-likeness (QED) is 0.586. The lowest BCUT2D eigenvalue weighted by Crippen LogP contribution is -2.25. The number of para-hydroxylation sites is 1. The molecule has 106 valence electrons. The monoisotopic (exact) mass is 293 g/mol. The van der Waals surface area contributed by atoms with Gasteiger partial charge in [0.15, 0.2) is 0 Å². The number of anilines is 1. The second kappa shape index (κ2) is 6.49. The minimum Gasteiger partial charge on any atom is -0.347 e. The van der Waals surface area contributed by atoms with Crippen LogP contribution in [0.15, 0.2) is 29.6 Å². The molecular weight excluding hydrogens is 277 g/mol. The molecule has 0 spiro atoms. The molecule has 0 aliphatic heterocycles. The van der Waals surface area contributed by atoms with Crippen LogP contribution in [-0.4, -0.2) is 5.91 Å². The van der Waals surface area contributed by atoms with Gasteiger partial charge >= 0.3 is 0 Å². The SMILES string of the molecule is CCc1ccsc1CNC(=O)c1cccc(F)c1NN. The van der Waals surface area contributed by atoms with Crippen molar-refractivity contribution in [2.45, 2.75) is 19.9 Å². The zero-order valence-electron chi connectivity index (χ0n) is 11.1. The molecule has 0 radical (unpaired) electrons. The van der Waals surface area contributed by atoms with Crippen LogP contribution in [0.3, 0.4) is 0 Å². The fourth-order valence-electron chi connectivity index (χ4n) is 1.95. The molecule has 0 atom stereocenters. The topological polar surface area (TPSA) is 67.2 Å². The van der Waals surface area contributed by atoms with Crippen LogP contribution in [0.2, 0.25) is 0 Å². The molecule has 4 N–H and O–H groups in total. The Morgan fingerprint density at radius 3 is 2.90 bits per heavy atom. The molecule has 20 heavy (non-hydrogen) atoms. The number of thiophene rings is 1. The Hall–Kier alpha value is -1.92. The molecule has 0 fully saturated rings. The van der Waals surface area contributed by atoms with E-state index in [0.717, 1.165) is 11.3 Å². The number of carbonyl (C=O) groups excluding carboxylic acids is 1. The molecule has 4 nitrogen and oxygen atoms in total. The summed E-state index contributed by atoms with van der Waals surface area (Å²) in [5.41, 5.74) is 3.64. The van der Waals surface area contributed by atoms with E-state index in [1.807, 2.05) is 11.4 Å². The summed E-state index contributed by atoms with van der Waals surface area (Å²) in [4.78, 5) is 13.2. The molecule has 2 aromatic rings. The lowest BCUT2D eigenvalue weighted by atomic mass is 10.1. The summed E-state index contributed by atoms with van der Waals surface area (Å²) >= 11 is 1.60. The Morgan fingerprint density at radius 1 is 1.40 bits per heavy atom. The van der Waals surface area contributed by atoms with E-state index in [4.69, 9.17) is 5.84 Å². The van der Waals surface area contributed by atoms with Crippen LogP contribution in [0, 0.1) is 5.82 Å². The number of nitrogens with one attached hydrogen (secondary N) is 2. The van der Waals surface area contributed by atoms with Crippen molar-refractivity contribution in [3.63, 3.8) is 0 Å². The number of hydrogen-bond donors (Lipinski definition) is 3. The molecule has 1 aromatic carbocycles. The number of rotatable bonds is 5. The number of hydrogen-bond acceptors (Lipinski definition) is 4. The number of aryl methyl sites for hydroxylation is 1.